The van der Waals surface area contributed by atoms with Crippen molar-refractivity contribution in [3.05, 3.63) is 59.9 Å². The summed E-state index contributed by atoms with van der Waals surface area (Å²) in [5.41, 5.74) is 2.67. The minimum atomic E-state index is -0.649. The molecule has 3 aromatic rings. The van der Waals surface area contributed by atoms with Crippen LogP contribution in [0.2, 0.25) is 0 Å². The molecule has 0 radical (unpaired) electrons. The number of ether oxygens (including phenoxy) is 1. The van der Waals surface area contributed by atoms with E-state index in [0.29, 0.717) is 12.3 Å². The lowest BCUT2D eigenvalue weighted by Gasteiger charge is -2.15. The molecule has 0 aliphatic heterocycles. The second kappa shape index (κ2) is 7.36. The lowest BCUT2D eigenvalue weighted by Crippen LogP contribution is -2.36. The molecular formula is C19H21N3O3. The van der Waals surface area contributed by atoms with Crippen LogP contribution in [0, 0.1) is 0 Å². The van der Waals surface area contributed by atoms with Crippen LogP contribution in [0.5, 0.6) is 5.75 Å². The number of carbonyl (C=O) groups is 1. The number of aliphatic hydroxyl groups is 1. The molecule has 1 unspecified atom stereocenters. The number of aryl methyl sites for hydroxylation is 1. The van der Waals surface area contributed by atoms with Crippen molar-refractivity contribution >= 4 is 16.9 Å². The Morgan fingerprint density at radius 2 is 2.08 bits per heavy atom. The molecule has 1 amide bonds. The zero-order valence-electron chi connectivity index (χ0n) is 14.3. The first-order valence-electron chi connectivity index (χ1n) is 8.13. The van der Waals surface area contributed by atoms with Crippen LogP contribution in [0.25, 0.3) is 11.0 Å². The summed E-state index contributed by atoms with van der Waals surface area (Å²) >= 11 is 0. The number of imidazole rings is 1. The number of nitrogens with zero attached hydrogens (tertiary/aromatic N) is 2. The Labute approximate surface area is 146 Å². The fraction of sp³-hybridized carbons (Fsp3) is 0.263. The Morgan fingerprint density at radius 3 is 2.84 bits per heavy atom. The summed E-state index contributed by atoms with van der Waals surface area (Å²) < 4.78 is 7.61. The number of benzene rings is 2. The quantitative estimate of drug-likeness (QED) is 0.721. The summed E-state index contributed by atoms with van der Waals surface area (Å²) in [6.07, 6.45) is -0.649. The first-order chi connectivity index (χ1) is 12.1. The number of carbonyl (C=O) groups excluding carboxylic acids is 1. The predicted octanol–water partition coefficient (Wildman–Crippen LogP) is 2.15. The highest BCUT2D eigenvalue weighted by Gasteiger charge is 2.16. The lowest BCUT2D eigenvalue weighted by atomic mass is 10.2. The van der Waals surface area contributed by atoms with E-state index in [1.165, 1.54) is 0 Å². The molecule has 25 heavy (non-hydrogen) atoms. The Bertz CT molecular complexity index is 889. The van der Waals surface area contributed by atoms with Gasteiger partial charge in [0.1, 0.15) is 11.6 Å². The van der Waals surface area contributed by atoms with Gasteiger partial charge in [-0.1, -0.05) is 24.3 Å². The van der Waals surface area contributed by atoms with Crippen LogP contribution in [0.15, 0.2) is 48.5 Å². The van der Waals surface area contributed by atoms with Gasteiger partial charge in [-0.15, -0.1) is 0 Å². The zero-order chi connectivity index (χ0) is 17.8. The number of fused-ring (bicyclic) bond motifs is 1. The number of amides is 1. The fourth-order valence-corrected chi connectivity index (χ4v) is 2.64. The molecule has 130 valence electrons. The van der Waals surface area contributed by atoms with E-state index in [9.17, 15) is 4.79 Å². The molecule has 1 aromatic heterocycles. The van der Waals surface area contributed by atoms with Gasteiger partial charge in [0.05, 0.1) is 24.2 Å². The predicted molar refractivity (Wildman–Crippen MR) is 95.0 cm³/mol. The van der Waals surface area contributed by atoms with Crippen LogP contribution in [0.1, 0.15) is 18.3 Å². The highest BCUT2D eigenvalue weighted by atomic mass is 16.5. The van der Waals surface area contributed by atoms with Crippen molar-refractivity contribution in [1.82, 2.24) is 14.9 Å². The lowest BCUT2D eigenvalue weighted by molar-refractivity contribution is -0.127. The van der Waals surface area contributed by atoms with Gasteiger partial charge >= 0.3 is 0 Å². The minimum absolute atomic E-state index is 0.0650. The zero-order valence-corrected chi connectivity index (χ0v) is 14.3. The average molecular weight is 339 g/mol. The van der Waals surface area contributed by atoms with E-state index in [-0.39, 0.29) is 12.5 Å². The summed E-state index contributed by atoms with van der Waals surface area (Å²) in [4.78, 5) is 16.8. The second-order valence-electron chi connectivity index (χ2n) is 5.86. The molecule has 6 heteroatoms. The van der Waals surface area contributed by atoms with Crippen molar-refractivity contribution in [3.8, 4) is 5.75 Å². The molecule has 0 spiro atoms. The Kier molecular flexibility index (Phi) is 5.00. The summed E-state index contributed by atoms with van der Waals surface area (Å²) in [7, 11) is 1.93. The van der Waals surface area contributed by atoms with Crippen LogP contribution in [0.3, 0.4) is 0 Å². The normalized spacial score (nSPS) is 12.1. The SMILES string of the molecule is CC(Oc1cccc(CO)c1)C(=O)NCc1nc2ccccc2n1C. The molecule has 2 aromatic carbocycles. The second-order valence-corrected chi connectivity index (χ2v) is 5.86. The average Bonchev–Trinajstić information content (AvgIpc) is 2.96. The largest absolute Gasteiger partial charge is 0.481 e. The molecule has 0 fully saturated rings. The van der Waals surface area contributed by atoms with Crippen molar-refractivity contribution in [2.75, 3.05) is 0 Å². The molecule has 6 nitrogen and oxygen atoms in total. The molecule has 0 saturated carbocycles. The number of hydrogen-bond acceptors (Lipinski definition) is 4. The van der Waals surface area contributed by atoms with Gasteiger partial charge in [0.25, 0.3) is 5.91 Å². The van der Waals surface area contributed by atoms with Crippen molar-refractivity contribution in [3.63, 3.8) is 0 Å². The molecular weight excluding hydrogens is 318 g/mol. The number of aliphatic hydroxyl groups excluding tert-OH is 1. The van der Waals surface area contributed by atoms with Gasteiger partial charge in [-0.3, -0.25) is 4.79 Å². The maximum absolute atomic E-state index is 12.3. The van der Waals surface area contributed by atoms with Gasteiger partial charge in [-0.05, 0) is 36.8 Å². The van der Waals surface area contributed by atoms with Gasteiger partial charge in [-0.2, -0.15) is 0 Å². The molecule has 0 saturated heterocycles. The maximum atomic E-state index is 12.3. The first kappa shape index (κ1) is 17.0. The number of hydrogen-bond donors (Lipinski definition) is 2. The third-order valence-electron chi connectivity index (χ3n) is 4.06. The smallest absolute Gasteiger partial charge is 0.261 e. The number of aromatic nitrogens is 2. The maximum Gasteiger partial charge on any atom is 0.261 e. The fourth-order valence-electron chi connectivity index (χ4n) is 2.64. The summed E-state index contributed by atoms with van der Waals surface area (Å²) in [5.74, 6) is 1.11. The minimum Gasteiger partial charge on any atom is -0.481 e. The third kappa shape index (κ3) is 3.80. The standard InChI is InChI=1S/C19H21N3O3/c1-13(25-15-7-5-6-14(10-15)12-23)19(24)20-11-18-21-16-8-3-4-9-17(16)22(18)2/h3-10,13,23H,11-12H2,1-2H3,(H,20,24). The number of nitrogens with one attached hydrogen (secondary N) is 1. The molecule has 0 bridgehead atoms. The van der Waals surface area contributed by atoms with Gasteiger partial charge in [0.2, 0.25) is 0 Å². The van der Waals surface area contributed by atoms with Crippen LogP contribution in [-0.2, 0) is 25.0 Å². The Morgan fingerprint density at radius 1 is 1.28 bits per heavy atom. The van der Waals surface area contributed by atoms with Gasteiger partial charge < -0.3 is 19.7 Å². The van der Waals surface area contributed by atoms with Crippen LogP contribution >= 0.6 is 0 Å². The van der Waals surface area contributed by atoms with E-state index < -0.39 is 6.10 Å². The van der Waals surface area contributed by atoms with Crippen LogP contribution in [-0.4, -0.2) is 26.7 Å². The summed E-state index contributed by atoms with van der Waals surface area (Å²) in [6, 6.07) is 14.9. The highest BCUT2D eigenvalue weighted by Crippen LogP contribution is 2.16. The Hall–Kier alpha value is -2.86. The third-order valence-corrected chi connectivity index (χ3v) is 4.06. The van der Waals surface area contributed by atoms with Gasteiger partial charge in [-0.25, -0.2) is 4.98 Å². The van der Waals surface area contributed by atoms with E-state index >= 15 is 0 Å². The van der Waals surface area contributed by atoms with E-state index in [2.05, 4.69) is 10.3 Å². The van der Waals surface area contributed by atoms with Crippen molar-refractivity contribution in [1.29, 1.82) is 0 Å². The molecule has 2 N–H and O–H groups in total. The molecule has 3 rings (SSSR count). The van der Waals surface area contributed by atoms with E-state index in [1.54, 1.807) is 31.2 Å². The monoisotopic (exact) mass is 339 g/mol. The van der Waals surface area contributed by atoms with Crippen LogP contribution < -0.4 is 10.1 Å². The molecule has 0 aliphatic rings. The summed E-state index contributed by atoms with van der Waals surface area (Å²) in [6.45, 7) is 1.95. The topological polar surface area (TPSA) is 76.4 Å². The van der Waals surface area contributed by atoms with E-state index in [0.717, 1.165) is 22.4 Å². The highest BCUT2D eigenvalue weighted by molar-refractivity contribution is 5.81. The van der Waals surface area contributed by atoms with Crippen LogP contribution in [0.4, 0.5) is 0 Å². The number of rotatable bonds is 6. The molecule has 1 atom stereocenters. The molecule has 0 aliphatic carbocycles. The van der Waals surface area contributed by atoms with Crippen molar-refractivity contribution in [2.24, 2.45) is 7.05 Å². The first-order valence-corrected chi connectivity index (χ1v) is 8.13. The van der Waals surface area contributed by atoms with Crippen molar-refractivity contribution < 1.29 is 14.6 Å². The summed E-state index contributed by atoms with van der Waals surface area (Å²) in [5, 5.41) is 12.0. The van der Waals surface area contributed by atoms with Crippen molar-refractivity contribution in [2.45, 2.75) is 26.2 Å². The van der Waals surface area contributed by atoms with E-state index in [4.69, 9.17) is 9.84 Å². The van der Waals surface area contributed by atoms with Gasteiger partial charge in [0, 0.05) is 7.05 Å². The molecule has 1 heterocycles. The van der Waals surface area contributed by atoms with E-state index in [1.807, 2.05) is 35.9 Å². The Balaban J connectivity index is 1.62. The number of para-hydroxylation sites is 2. The van der Waals surface area contributed by atoms with Gasteiger partial charge in [0.15, 0.2) is 6.10 Å².